The molecule has 200 valence electrons. The van der Waals surface area contributed by atoms with Gasteiger partial charge in [-0.25, -0.2) is 0 Å². The van der Waals surface area contributed by atoms with E-state index in [4.69, 9.17) is 0 Å². The Balaban J connectivity index is 3.33. The largest absolute Gasteiger partial charge is 0.359 e. The first kappa shape index (κ1) is 33.0. The van der Waals surface area contributed by atoms with Crippen molar-refractivity contribution in [3.8, 4) is 23.7 Å². The van der Waals surface area contributed by atoms with Gasteiger partial charge in [0.15, 0.2) is 0 Å². The van der Waals surface area contributed by atoms with Gasteiger partial charge in [0.05, 0.1) is 0 Å². The first-order valence-corrected chi connectivity index (χ1v) is 14.3. The molecule has 0 saturated heterocycles. The van der Waals surface area contributed by atoms with Crippen LogP contribution in [-0.4, -0.2) is 39.0 Å². The Bertz CT molecular complexity index is 625. The number of carbonyl (C=O) groups excluding carboxylic acids is 2. The third-order valence-corrected chi connectivity index (χ3v) is 6.11. The molecule has 35 heavy (non-hydrogen) atoms. The maximum Gasteiger partial charge on any atom is 0.219 e. The minimum Gasteiger partial charge on any atom is -0.359 e. The predicted octanol–water partition coefficient (Wildman–Crippen LogP) is 5.88. The third kappa shape index (κ3) is 28.1. The lowest BCUT2D eigenvalue weighted by Crippen LogP contribution is -2.24. The normalized spacial score (nSPS) is 10.1. The highest BCUT2D eigenvalue weighted by Gasteiger charge is 2.00. The molecule has 5 nitrogen and oxygen atoms in total. The quantitative estimate of drug-likeness (QED) is 0.125. The molecular formula is C30H53N3O2. The van der Waals surface area contributed by atoms with Crippen LogP contribution in [0.15, 0.2) is 0 Å². The molecule has 0 fully saturated rings. The van der Waals surface area contributed by atoms with E-state index < -0.39 is 0 Å². The molecule has 0 atom stereocenters. The van der Waals surface area contributed by atoms with Gasteiger partial charge in [0.25, 0.3) is 0 Å². The summed E-state index contributed by atoms with van der Waals surface area (Å²) >= 11 is 0. The van der Waals surface area contributed by atoms with E-state index in [-0.39, 0.29) is 11.8 Å². The SMILES string of the molecule is CNCCCCCCNC(=O)CCCCCCCCC#CC#CCCCCCCCCC(=O)NC. The van der Waals surface area contributed by atoms with Crippen LogP contribution in [0.3, 0.4) is 0 Å². The number of unbranched alkanes of at least 4 members (excludes halogenated alkanes) is 15. The van der Waals surface area contributed by atoms with Crippen molar-refractivity contribution in [3.05, 3.63) is 0 Å². The van der Waals surface area contributed by atoms with Gasteiger partial charge in [0, 0.05) is 39.3 Å². The van der Waals surface area contributed by atoms with E-state index in [1.807, 2.05) is 7.05 Å². The van der Waals surface area contributed by atoms with Crippen molar-refractivity contribution in [3.63, 3.8) is 0 Å². The summed E-state index contributed by atoms with van der Waals surface area (Å²) in [5, 5.41) is 8.86. The zero-order chi connectivity index (χ0) is 25.7. The highest BCUT2D eigenvalue weighted by Crippen LogP contribution is 2.09. The second-order valence-electron chi connectivity index (χ2n) is 9.39. The molecule has 0 aliphatic carbocycles. The van der Waals surface area contributed by atoms with Crippen molar-refractivity contribution in [2.45, 2.75) is 128 Å². The van der Waals surface area contributed by atoms with Gasteiger partial charge in [-0.1, -0.05) is 76.0 Å². The van der Waals surface area contributed by atoms with Crippen molar-refractivity contribution in [2.24, 2.45) is 0 Å². The Morgan fingerprint density at radius 3 is 1.46 bits per heavy atom. The molecule has 0 rings (SSSR count). The zero-order valence-corrected chi connectivity index (χ0v) is 22.9. The first-order chi connectivity index (χ1) is 17.2. The van der Waals surface area contributed by atoms with Crippen LogP contribution in [0.2, 0.25) is 0 Å². The van der Waals surface area contributed by atoms with E-state index in [9.17, 15) is 9.59 Å². The van der Waals surface area contributed by atoms with Gasteiger partial charge in [-0.15, -0.1) is 0 Å². The Kier molecular flexibility index (Phi) is 26.7. The van der Waals surface area contributed by atoms with Crippen molar-refractivity contribution >= 4 is 11.8 Å². The summed E-state index contributed by atoms with van der Waals surface area (Å²) in [5.74, 6) is 12.6. The number of nitrogens with one attached hydrogen (secondary N) is 3. The van der Waals surface area contributed by atoms with Crippen LogP contribution in [0.5, 0.6) is 0 Å². The van der Waals surface area contributed by atoms with Gasteiger partial charge in [0.2, 0.25) is 11.8 Å². The molecule has 0 aromatic heterocycles. The van der Waals surface area contributed by atoms with Crippen molar-refractivity contribution < 1.29 is 9.59 Å². The van der Waals surface area contributed by atoms with Crippen LogP contribution in [0.1, 0.15) is 128 Å². The van der Waals surface area contributed by atoms with Crippen molar-refractivity contribution in [1.82, 2.24) is 16.0 Å². The van der Waals surface area contributed by atoms with Crippen LogP contribution in [0.4, 0.5) is 0 Å². The van der Waals surface area contributed by atoms with E-state index in [1.165, 1.54) is 57.8 Å². The highest BCUT2D eigenvalue weighted by atomic mass is 16.2. The number of hydrogen-bond acceptors (Lipinski definition) is 3. The standard InChI is InChI=1S/C30H53N3O2/c1-31-27-23-19-20-24-28-33-30(35)26-22-18-16-14-12-10-8-6-4-3-5-7-9-11-13-15-17-21-25-29(34)32-2/h31H,7-28H2,1-2H3,(H,32,34)(H,33,35). The minimum absolute atomic E-state index is 0.145. The molecule has 5 heteroatoms. The second kappa shape index (κ2) is 28.3. The first-order valence-electron chi connectivity index (χ1n) is 14.3. The highest BCUT2D eigenvalue weighted by molar-refractivity contribution is 5.75. The molecule has 0 aliphatic rings. The van der Waals surface area contributed by atoms with Crippen molar-refractivity contribution in [2.75, 3.05) is 27.2 Å². The fraction of sp³-hybridized carbons (Fsp3) is 0.800. The maximum absolute atomic E-state index is 11.8. The summed E-state index contributed by atoms with van der Waals surface area (Å²) in [4.78, 5) is 22.9. The Hall–Kier alpha value is -1.98. The Morgan fingerprint density at radius 1 is 0.514 bits per heavy atom. The number of rotatable bonds is 23. The summed E-state index contributed by atoms with van der Waals surface area (Å²) in [5.41, 5.74) is 0. The zero-order valence-electron chi connectivity index (χ0n) is 22.9. The summed E-state index contributed by atoms with van der Waals surface area (Å²) in [6, 6.07) is 0. The number of amides is 2. The summed E-state index contributed by atoms with van der Waals surface area (Å²) in [6.45, 7) is 1.91. The average molecular weight is 488 g/mol. The van der Waals surface area contributed by atoms with Gasteiger partial charge in [-0.2, -0.15) is 0 Å². The van der Waals surface area contributed by atoms with E-state index >= 15 is 0 Å². The van der Waals surface area contributed by atoms with Gasteiger partial charge >= 0.3 is 0 Å². The average Bonchev–Trinajstić information content (AvgIpc) is 2.86. The molecule has 0 unspecified atom stereocenters. The van der Waals surface area contributed by atoms with Crippen molar-refractivity contribution in [1.29, 1.82) is 0 Å². The summed E-state index contributed by atoms with van der Waals surface area (Å²) in [7, 11) is 3.68. The van der Waals surface area contributed by atoms with Crippen LogP contribution >= 0.6 is 0 Å². The van der Waals surface area contributed by atoms with E-state index in [0.717, 1.165) is 70.9 Å². The number of hydrogen-bond donors (Lipinski definition) is 3. The summed E-state index contributed by atoms with van der Waals surface area (Å²) < 4.78 is 0. The molecule has 0 heterocycles. The van der Waals surface area contributed by atoms with Crippen LogP contribution in [0, 0.1) is 23.7 Å². The molecule has 0 radical (unpaired) electrons. The molecule has 0 spiro atoms. The monoisotopic (exact) mass is 487 g/mol. The van der Waals surface area contributed by atoms with E-state index in [1.54, 1.807) is 7.05 Å². The molecule has 2 amide bonds. The number of carbonyl (C=O) groups is 2. The van der Waals surface area contributed by atoms with Crippen LogP contribution < -0.4 is 16.0 Å². The molecule has 3 N–H and O–H groups in total. The molecule has 0 bridgehead atoms. The molecule has 0 aromatic carbocycles. The van der Waals surface area contributed by atoms with Crippen LogP contribution in [0.25, 0.3) is 0 Å². The minimum atomic E-state index is 0.145. The van der Waals surface area contributed by atoms with E-state index in [0.29, 0.717) is 12.8 Å². The lowest BCUT2D eigenvalue weighted by Gasteiger charge is -2.05. The fourth-order valence-corrected chi connectivity index (χ4v) is 3.85. The molecule has 0 saturated carbocycles. The van der Waals surface area contributed by atoms with Gasteiger partial charge in [0.1, 0.15) is 0 Å². The molecular weight excluding hydrogens is 434 g/mol. The van der Waals surface area contributed by atoms with Gasteiger partial charge in [-0.3, -0.25) is 9.59 Å². The lowest BCUT2D eigenvalue weighted by atomic mass is 10.1. The fourth-order valence-electron chi connectivity index (χ4n) is 3.85. The topological polar surface area (TPSA) is 70.2 Å². The third-order valence-electron chi connectivity index (χ3n) is 6.11. The smallest absolute Gasteiger partial charge is 0.219 e. The molecule has 0 aromatic rings. The second-order valence-corrected chi connectivity index (χ2v) is 9.39. The summed E-state index contributed by atoms with van der Waals surface area (Å²) in [6.07, 6.45) is 21.8. The van der Waals surface area contributed by atoms with E-state index in [2.05, 4.69) is 39.6 Å². The molecule has 0 aliphatic heterocycles. The Morgan fingerprint density at radius 2 is 0.943 bits per heavy atom. The predicted molar refractivity (Wildman–Crippen MR) is 149 cm³/mol. The van der Waals surface area contributed by atoms with Gasteiger partial charge in [-0.05, 0) is 64.0 Å². The van der Waals surface area contributed by atoms with Crippen LogP contribution in [-0.2, 0) is 9.59 Å². The Labute approximate surface area is 216 Å². The lowest BCUT2D eigenvalue weighted by molar-refractivity contribution is -0.121. The van der Waals surface area contributed by atoms with Gasteiger partial charge < -0.3 is 16.0 Å². The maximum atomic E-state index is 11.8.